The van der Waals surface area contributed by atoms with Crippen LogP contribution < -0.4 is 10.2 Å². The molecule has 1 aliphatic rings. The lowest BCUT2D eigenvalue weighted by Gasteiger charge is -2.40. The molecule has 1 atom stereocenters. The number of carbonyl (C=O) groups is 2. The molecule has 1 N–H and O–H groups in total. The number of hydrogen-bond donors (Lipinski definition) is 1. The minimum absolute atomic E-state index is 0.0575. The van der Waals surface area contributed by atoms with Crippen molar-refractivity contribution in [2.24, 2.45) is 0 Å². The predicted molar refractivity (Wildman–Crippen MR) is 114 cm³/mol. The Kier molecular flexibility index (Phi) is 8.82. The van der Waals surface area contributed by atoms with Crippen molar-refractivity contribution >= 4 is 41.0 Å². The highest BCUT2D eigenvalue weighted by Gasteiger charge is 2.28. The molecule has 7 nitrogen and oxygen atoms in total. The molecule has 0 aromatic carbocycles. The maximum atomic E-state index is 12.4. The molecule has 0 spiro atoms. The summed E-state index contributed by atoms with van der Waals surface area (Å²) in [6, 6.07) is 1.95. The van der Waals surface area contributed by atoms with E-state index < -0.39 is 0 Å². The zero-order valence-electron chi connectivity index (χ0n) is 17.1. The van der Waals surface area contributed by atoms with E-state index in [9.17, 15) is 9.59 Å². The first kappa shape index (κ1) is 22.7. The maximum Gasteiger partial charge on any atom is 0.230 e. The average Bonchev–Trinajstić information content (AvgIpc) is 2.63. The first-order chi connectivity index (χ1) is 13.3. The monoisotopic (exact) mass is 427 g/mol. The Morgan fingerprint density at radius 2 is 2.11 bits per heavy atom. The number of hydrogen-bond acceptors (Lipinski definition) is 6. The summed E-state index contributed by atoms with van der Waals surface area (Å²) >= 11 is 7.45. The minimum atomic E-state index is -0.0575. The van der Waals surface area contributed by atoms with Crippen LogP contribution in [-0.2, 0) is 9.59 Å². The largest absolute Gasteiger partial charge is 0.353 e. The van der Waals surface area contributed by atoms with Crippen LogP contribution in [0.5, 0.6) is 0 Å². The second-order valence-electron chi connectivity index (χ2n) is 7.33. The number of carbonyl (C=O) groups excluding carboxylic acids is 2. The molecular weight excluding hydrogens is 398 g/mol. The van der Waals surface area contributed by atoms with E-state index in [1.165, 1.54) is 11.8 Å². The lowest BCUT2D eigenvalue weighted by molar-refractivity contribution is -0.133. The van der Waals surface area contributed by atoms with Crippen LogP contribution in [0.4, 0.5) is 5.82 Å². The molecule has 0 unspecified atom stereocenters. The van der Waals surface area contributed by atoms with Crippen molar-refractivity contribution in [2.45, 2.75) is 64.2 Å². The Balaban J connectivity index is 1.99. The van der Waals surface area contributed by atoms with Crippen molar-refractivity contribution in [1.29, 1.82) is 0 Å². The number of amides is 2. The molecule has 28 heavy (non-hydrogen) atoms. The minimum Gasteiger partial charge on any atom is -0.353 e. The number of aromatic nitrogens is 2. The first-order valence-electron chi connectivity index (χ1n) is 9.81. The summed E-state index contributed by atoms with van der Waals surface area (Å²) in [5.74, 6) is 1.15. The summed E-state index contributed by atoms with van der Waals surface area (Å²) in [5, 5.41) is 3.68. The van der Waals surface area contributed by atoms with Crippen LogP contribution in [0.1, 0.15) is 47.0 Å². The molecule has 0 aliphatic carbocycles. The van der Waals surface area contributed by atoms with Crippen LogP contribution in [0.3, 0.4) is 0 Å². The van der Waals surface area contributed by atoms with Gasteiger partial charge in [0, 0.05) is 44.2 Å². The van der Waals surface area contributed by atoms with Crippen molar-refractivity contribution in [3.8, 4) is 0 Å². The van der Waals surface area contributed by atoms with Gasteiger partial charge in [0.05, 0.1) is 5.75 Å². The van der Waals surface area contributed by atoms with Crippen molar-refractivity contribution in [3.63, 3.8) is 0 Å². The molecular formula is C19H30ClN5O2S. The number of halogens is 1. The summed E-state index contributed by atoms with van der Waals surface area (Å²) < 4.78 is 0. The molecule has 2 amide bonds. The fourth-order valence-electron chi connectivity index (χ4n) is 3.11. The smallest absolute Gasteiger partial charge is 0.230 e. The van der Waals surface area contributed by atoms with E-state index in [-0.39, 0.29) is 29.7 Å². The first-order valence-corrected chi connectivity index (χ1v) is 11.2. The molecule has 1 saturated heterocycles. The number of unbranched alkanes of at least 4 members (excludes halogenated alkanes) is 1. The summed E-state index contributed by atoms with van der Waals surface area (Å²) in [7, 11) is 0. The van der Waals surface area contributed by atoms with Gasteiger partial charge in [-0.25, -0.2) is 9.97 Å². The van der Waals surface area contributed by atoms with Gasteiger partial charge in [-0.1, -0.05) is 36.7 Å². The van der Waals surface area contributed by atoms with Crippen LogP contribution in [0, 0.1) is 0 Å². The zero-order chi connectivity index (χ0) is 20.7. The Hall–Kier alpha value is -1.54. The number of piperazine rings is 1. The molecule has 1 fully saturated rings. The second-order valence-corrected chi connectivity index (χ2v) is 8.66. The Morgan fingerprint density at radius 1 is 1.36 bits per heavy atom. The maximum absolute atomic E-state index is 12.4. The van der Waals surface area contributed by atoms with Crippen molar-refractivity contribution in [3.05, 3.63) is 11.2 Å². The predicted octanol–water partition coefficient (Wildman–Crippen LogP) is 2.97. The van der Waals surface area contributed by atoms with E-state index in [4.69, 9.17) is 11.6 Å². The second kappa shape index (κ2) is 10.9. The van der Waals surface area contributed by atoms with E-state index >= 15 is 0 Å². The summed E-state index contributed by atoms with van der Waals surface area (Å²) in [6.07, 6.45) is 2.56. The van der Waals surface area contributed by atoms with Gasteiger partial charge in [0.1, 0.15) is 11.0 Å². The Bertz CT molecular complexity index is 688. The molecule has 1 aliphatic heterocycles. The van der Waals surface area contributed by atoms with Crippen LogP contribution in [-0.4, -0.2) is 64.2 Å². The van der Waals surface area contributed by atoms with Crippen LogP contribution >= 0.6 is 23.4 Å². The molecule has 0 radical (unpaired) electrons. The van der Waals surface area contributed by atoms with Crippen molar-refractivity contribution < 1.29 is 9.59 Å². The Morgan fingerprint density at radius 3 is 2.75 bits per heavy atom. The normalized spacial score (nSPS) is 17.1. The van der Waals surface area contributed by atoms with Crippen LogP contribution in [0.2, 0.25) is 5.15 Å². The van der Waals surface area contributed by atoms with Gasteiger partial charge >= 0.3 is 0 Å². The van der Waals surface area contributed by atoms with Crippen LogP contribution in [0.15, 0.2) is 11.2 Å². The average molecular weight is 428 g/mol. The molecule has 1 aromatic rings. The molecule has 1 aromatic heterocycles. The molecule has 2 rings (SSSR count). The Labute approximate surface area is 176 Å². The lowest BCUT2D eigenvalue weighted by Crippen LogP contribution is -2.54. The molecule has 2 heterocycles. The third-order valence-corrected chi connectivity index (χ3v) is 5.50. The SMILES string of the molecule is CCCCC(=O)N1CCN(c2cc(Cl)nc(SCC(=O)NC(C)C)n2)C[C@@H]1C. The van der Waals surface area contributed by atoms with Gasteiger partial charge in [0.15, 0.2) is 5.16 Å². The molecule has 0 bridgehead atoms. The fourth-order valence-corrected chi connectivity index (χ4v) is 4.01. The third kappa shape index (κ3) is 6.81. The number of nitrogens with zero attached hydrogens (tertiary/aromatic N) is 4. The molecule has 0 saturated carbocycles. The van der Waals surface area contributed by atoms with Crippen molar-refractivity contribution in [1.82, 2.24) is 20.2 Å². The van der Waals surface area contributed by atoms with E-state index in [0.717, 1.165) is 18.7 Å². The zero-order valence-corrected chi connectivity index (χ0v) is 18.6. The third-order valence-electron chi connectivity index (χ3n) is 4.46. The van der Waals surface area contributed by atoms with Gasteiger partial charge in [-0.2, -0.15) is 0 Å². The molecule has 9 heteroatoms. The van der Waals surface area contributed by atoms with E-state index in [0.29, 0.717) is 36.4 Å². The number of thioether (sulfide) groups is 1. The molecule has 156 valence electrons. The summed E-state index contributed by atoms with van der Waals surface area (Å²) in [4.78, 5) is 37.1. The summed E-state index contributed by atoms with van der Waals surface area (Å²) in [6.45, 7) is 10.1. The van der Waals surface area contributed by atoms with Gasteiger partial charge in [0.25, 0.3) is 0 Å². The highest BCUT2D eigenvalue weighted by atomic mass is 35.5. The van der Waals surface area contributed by atoms with E-state index in [1.807, 2.05) is 18.7 Å². The number of rotatable bonds is 8. The van der Waals surface area contributed by atoms with Gasteiger partial charge in [0.2, 0.25) is 11.8 Å². The standard InChI is InChI=1S/C19H30ClN5O2S/c1-5-6-7-18(27)25-9-8-24(11-14(25)4)16-10-15(20)22-19(23-16)28-12-17(26)21-13(2)3/h10,13-14H,5-9,11-12H2,1-4H3,(H,21,26)/t14-/m0/s1. The van der Waals surface area contributed by atoms with E-state index in [2.05, 4.69) is 34.0 Å². The van der Waals surface area contributed by atoms with Gasteiger partial charge in [-0.3, -0.25) is 9.59 Å². The highest BCUT2D eigenvalue weighted by Crippen LogP contribution is 2.24. The fraction of sp³-hybridized carbons (Fsp3) is 0.684. The van der Waals surface area contributed by atoms with Gasteiger partial charge in [-0.15, -0.1) is 0 Å². The lowest BCUT2D eigenvalue weighted by atomic mass is 10.1. The van der Waals surface area contributed by atoms with Crippen LogP contribution in [0.25, 0.3) is 0 Å². The van der Waals surface area contributed by atoms with Gasteiger partial charge < -0.3 is 15.1 Å². The number of anilines is 1. The highest BCUT2D eigenvalue weighted by molar-refractivity contribution is 7.99. The quantitative estimate of drug-likeness (QED) is 0.390. The van der Waals surface area contributed by atoms with Crippen molar-refractivity contribution in [2.75, 3.05) is 30.3 Å². The number of nitrogens with one attached hydrogen (secondary N) is 1. The van der Waals surface area contributed by atoms with Gasteiger partial charge in [-0.05, 0) is 27.2 Å². The topological polar surface area (TPSA) is 78.4 Å². The summed E-state index contributed by atoms with van der Waals surface area (Å²) in [5.41, 5.74) is 0. The van der Waals surface area contributed by atoms with E-state index in [1.54, 1.807) is 6.07 Å².